The molecule has 0 fully saturated rings. The van der Waals surface area contributed by atoms with Crippen molar-refractivity contribution in [2.45, 2.75) is 26.2 Å². The van der Waals surface area contributed by atoms with Crippen molar-refractivity contribution in [3.05, 3.63) is 41.5 Å². The molecule has 3 nitrogen and oxygen atoms in total. The SMILES string of the molecule is CC(C)(C)c1ccccc1C1=CC(=O)NC1=O. The first kappa shape index (κ1) is 11.6. The molecule has 1 aromatic carbocycles. The van der Waals surface area contributed by atoms with Gasteiger partial charge >= 0.3 is 0 Å². The fourth-order valence-corrected chi connectivity index (χ4v) is 1.98. The zero-order chi connectivity index (χ0) is 12.6. The van der Waals surface area contributed by atoms with Gasteiger partial charge in [0.05, 0.1) is 5.57 Å². The molecule has 0 unspecified atom stereocenters. The van der Waals surface area contributed by atoms with E-state index in [4.69, 9.17) is 0 Å². The van der Waals surface area contributed by atoms with Crippen LogP contribution in [0.2, 0.25) is 0 Å². The second-order valence-corrected chi connectivity index (χ2v) is 5.17. The Morgan fingerprint density at radius 2 is 1.71 bits per heavy atom. The fourth-order valence-electron chi connectivity index (χ4n) is 1.98. The van der Waals surface area contributed by atoms with Gasteiger partial charge in [0.2, 0.25) is 0 Å². The van der Waals surface area contributed by atoms with Crippen LogP contribution in [0.1, 0.15) is 31.9 Å². The predicted octanol–water partition coefficient (Wildman–Crippen LogP) is 2.02. The highest BCUT2D eigenvalue weighted by Crippen LogP contribution is 2.31. The van der Waals surface area contributed by atoms with Gasteiger partial charge in [-0.2, -0.15) is 0 Å². The Morgan fingerprint density at radius 1 is 1.06 bits per heavy atom. The van der Waals surface area contributed by atoms with E-state index in [1.54, 1.807) is 0 Å². The summed E-state index contributed by atoms with van der Waals surface area (Å²) in [5.41, 5.74) is 2.29. The molecule has 0 aromatic heterocycles. The second-order valence-electron chi connectivity index (χ2n) is 5.17. The molecule has 0 atom stereocenters. The molecule has 2 amide bonds. The highest BCUT2D eigenvalue weighted by Gasteiger charge is 2.27. The minimum atomic E-state index is -0.339. The summed E-state index contributed by atoms with van der Waals surface area (Å²) in [4.78, 5) is 22.9. The van der Waals surface area contributed by atoms with Crippen LogP contribution >= 0.6 is 0 Å². The van der Waals surface area contributed by atoms with Crippen molar-refractivity contribution in [2.75, 3.05) is 0 Å². The molecule has 0 spiro atoms. The maximum absolute atomic E-state index is 11.7. The van der Waals surface area contributed by atoms with Gasteiger partial charge in [0.25, 0.3) is 11.8 Å². The van der Waals surface area contributed by atoms with Crippen LogP contribution in [0.15, 0.2) is 30.3 Å². The molecular weight excluding hydrogens is 214 g/mol. The summed E-state index contributed by atoms with van der Waals surface area (Å²) in [7, 11) is 0. The van der Waals surface area contributed by atoms with Crippen LogP contribution in [0.4, 0.5) is 0 Å². The van der Waals surface area contributed by atoms with E-state index in [1.165, 1.54) is 6.08 Å². The minimum absolute atomic E-state index is 0.0661. The first-order valence-corrected chi connectivity index (χ1v) is 5.56. The highest BCUT2D eigenvalue weighted by molar-refractivity contribution is 6.33. The van der Waals surface area contributed by atoms with Crippen molar-refractivity contribution in [3.63, 3.8) is 0 Å². The van der Waals surface area contributed by atoms with Gasteiger partial charge in [-0.05, 0) is 16.5 Å². The molecule has 0 bridgehead atoms. The summed E-state index contributed by atoms with van der Waals surface area (Å²) in [5.74, 6) is -0.652. The molecule has 1 aliphatic rings. The molecule has 1 aromatic rings. The van der Waals surface area contributed by atoms with Gasteiger partial charge in [-0.1, -0.05) is 45.0 Å². The summed E-state index contributed by atoms with van der Waals surface area (Å²) in [6.07, 6.45) is 1.37. The Balaban J connectivity index is 2.57. The number of carbonyl (C=O) groups is 2. The summed E-state index contributed by atoms with van der Waals surface area (Å²) in [6, 6.07) is 7.69. The van der Waals surface area contributed by atoms with Gasteiger partial charge < -0.3 is 0 Å². The number of nitrogens with one attached hydrogen (secondary N) is 1. The lowest BCUT2D eigenvalue weighted by atomic mass is 9.82. The second kappa shape index (κ2) is 3.84. The van der Waals surface area contributed by atoms with Crippen LogP contribution in [0, 0.1) is 0 Å². The van der Waals surface area contributed by atoms with Gasteiger partial charge in [0.15, 0.2) is 0 Å². The van der Waals surface area contributed by atoms with Crippen LogP contribution in [0.5, 0.6) is 0 Å². The summed E-state index contributed by atoms with van der Waals surface area (Å²) in [5, 5.41) is 2.27. The Bertz CT molecular complexity index is 521. The van der Waals surface area contributed by atoms with E-state index in [0.29, 0.717) is 5.57 Å². The van der Waals surface area contributed by atoms with Crippen LogP contribution in [0.25, 0.3) is 5.57 Å². The molecule has 2 rings (SSSR count). The van der Waals surface area contributed by atoms with Crippen LogP contribution in [-0.4, -0.2) is 11.8 Å². The molecule has 0 saturated heterocycles. The van der Waals surface area contributed by atoms with E-state index in [-0.39, 0.29) is 17.2 Å². The lowest BCUT2D eigenvalue weighted by molar-refractivity contribution is -0.123. The Kier molecular flexibility index (Phi) is 2.62. The first-order chi connectivity index (χ1) is 7.89. The molecule has 1 aliphatic heterocycles. The van der Waals surface area contributed by atoms with E-state index < -0.39 is 0 Å². The van der Waals surface area contributed by atoms with Gasteiger partial charge in [-0.15, -0.1) is 0 Å². The molecule has 17 heavy (non-hydrogen) atoms. The number of amides is 2. The largest absolute Gasteiger partial charge is 0.289 e. The Morgan fingerprint density at radius 3 is 2.24 bits per heavy atom. The standard InChI is InChI=1S/C14H15NO2/c1-14(2,3)11-7-5-4-6-9(11)10-8-12(16)15-13(10)17/h4-8H,1-3H3,(H,15,16,17). The zero-order valence-corrected chi connectivity index (χ0v) is 10.2. The van der Waals surface area contributed by atoms with Crippen LogP contribution < -0.4 is 5.32 Å². The third-order valence-corrected chi connectivity index (χ3v) is 2.78. The minimum Gasteiger partial charge on any atom is -0.289 e. The van der Waals surface area contributed by atoms with Crippen LogP contribution in [0.3, 0.4) is 0 Å². The average Bonchev–Trinajstić information content (AvgIpc) is 2.56. The third kappa shape index (κ3) is 2.13. The van der Waals surface area contributed by atoms with Crippen LogP contribution in [-0.2, 0) is 15.0 Å². The topological polar surface area (TPSA) is 46.2 Å². The quantitative estimate of drug-likeness (QED) is 0.749. The summed E-state index contributed by atoms with van der Waals surface area (Å²) < 4.78 is 0. The van der Waals surface area contributed by atoms with Gasteiger partial charge in [-0.3, -0.25) is 14.9 Å². The molecule has 0 radical (unpaired) electrons. The van der Waals surface area contributed by atoms with Gasteiger partial charge in [0, 0.05) is 6.08 Å². The lowest BCUT2D eigenvalue weighted by Gasteiger charge is -2.22. The summed E-state index contributed by atoms with van der Waals surface area (Å²) in [6.45, 7) is 6.25. The number of imide groups is 1. The van der Waals surface area contributed by atoms with Crippen molar-refractivity contribution < 1.29 is 9.59 Å². The Labute approximate surface area is 101 Å². The van der Waals surface area contributed by atoms with Gasteiger partial charge in [-0.25, -0.2) is 0 Å². The molecule has 0 aliphatic carbocycles. The summed E-state index contributed by atoms with van der Waals surface area (Å²) >= 11 is 0. The van der Waals surface area contributed by atoms with E-state index >= 15 is 0 Å². The van der Waals surface area contributed by atoms with E-state index in [1.807, 2.05) is 24.3 Å². The monoisotopic (exact) mass is 229 g/mol. The molecule has 0 saturated carbocycles. The molecular formula is C14H15NO2. The normalized spacial score (nSPS) is 15.8. The molecule has 1 N–H and O–H groups in total. The van der Waals surface area contributed by atoms with Crippen molar-refractivity contribution in [2.24, 2.45) is 0 Å². The number of hydrogen-bond donors (Lipinski definition) is 1. The fraction of sp³-hybridized carbons (Fsp3) is 0.286. The smallest absolute Gasteiger partial charge is 0.258 e. The molecule has 3 heteroatoms. The molecule has 88 valence electrons. The average molecular weight is 229 g/mol. The number of benzene rings is 1. The number of rotatable bonds is 1. The van der Waals surface area contributed by atoms with E-state index in [9.17, 15) is 9.59 Å². The number of hydrogen-bond acceptors (Lipinski definition) is 2. The predicted molar refractivity (Wildman–Crippen MR) is 66.3 cm³/mol. The first-order valence-electron chi connectivity index (χ1n) is 5.56. The highest BCUT2D eigenvalue weighted by atomic mass is 16.2. The number of carbonyl (C=O) groups excluding carboxylic acids is 2. The maximum atomic E-state index is 11.7. The Hall–Kier alpha value is -1.90. The third-order valence-electron chi connectivity index (χ3n) is 2.78. The van der Waals surface area contributed by atoms with Crippen molar-refractivity contribution in [3.8, 4) is 0 Å². The van der Waals surface area contributed by atoms with E-state index in [2.05, 4.69) is 26.1 Å². The van der Waals surface area contributed by atoms with Crippen molar-refractivity contribution in [1.82, 2.24) is 5.32 Å². The maximum Gasteiger partial charge on any atom is 0.258 e. The van der Waals surface area contributed by atoms with E-state index in [0.717, 1.165) is 11.1 Å². The van der Waals surface area contributed by atoms with Crippen molar-refractivity contribution >= 4 is 17.4 Å². The zero-order valence-electron chi connectivity index (χ0n) is 10.2. The van der Waals surface area contributed by atoms with Crippen molar-refractivity contribution in [1.29, 1.82) is 0 Å². The molecule has 1 heterocycles. The van der Waals surface area contributed by atoms with Gasteiger partial charge in [0.1, 0.15) is 0 Å². The lowest BCUT2D eigenvalue weighted by Crippen LogP contribution is -2.22.